The zero-order valence-electron chi connectivity index (χ0n) is 16.0. The summed E-state index contributed by atoms with van der Waals surface area (Å²) in [5.41, 5.74) is 0.742. The van der Waals surface area contributed by atoms with Gasteiger partial charge in [0.15, 0.2) is 0 Å². The van der Waals surface area contributed by atoms with Gasteiger partial charge in [-0.25, -0.2) is 4.68 Å². The standard InChI is InChI=1S/C18H23N5O3.CH2O2/c24-15-10-16(14-4-2-1-3-5-14)26-18(11-15)6-8-22(9-7-18)17(25)12-23-13-19-20-21-23;2-1-3/h1-5,13,15-16,24H,6-12H2;1H,(H,2,3)/t15-,16-;/m1./s1. The first-order valence-electron chi connectivity index (χ1n) is 9.52. The van der Waals surface area contributed by atoms with Gasteiger partial charge in [-0.2, -0.15) is 0 Å². The molecule has 0 bridgehead atoms. The van der Waals surface area contributed by atoms with Gasteiger partial charge in [-0.3, -0.25) is 9.59 Å². The molecule has 2 N–H and O–H groups in total. The maximum atomic E-state index is 12.4. The lowest BCUT2D eigenvalue weighted by molar-refractivity contribution is -0.186. The van der Waals surface area contributed by atoms with E-state index < -0.39 is 0 Å². The lowest BCUT2D eigenvalue weighted by Crippen LogP contribution is -2.52. The quantitative estimate of drug-likeness (QED) is 0.714. The molecule has 2 fully saturated rings. The summed E-state index contributed by atoms with van der Waals surface area (Å²) < 4.78 is 7.90. The average molecular weight is 403 g/mol. The maximum Gasteiger partial charge on any atom is 0.290 e. The number of benzene rings is 1. The minimum Gasteiger partial charge on any atom is -0.483 e. The zero-order chi connectivity index (χ0) is 20.7. The van der Waals surface area contributed by atoms with Crippen LogP contribution in [0.25, 0.3) is 0 Å². The Hall–Kier alpha value is -2.85. The molecule has 1 aromatic heterocycles. The number of ether oxygens (including phenoxy) is 1. The molecule has 0 radical (unpaired) electrons. The zero-order valence-corrected chi connectivity index (χ0v) is 16.0. The lowest BCUT2D eigenvalue weighted by atomic mass is 9.81. The molecule has 0 saturated carbocycles. The van der Waals surface area contributed by atoms with Gasteiger partial charge in [0.1, 0.15) is 12.9 Å². The van der Waals surface area contributed by atoms with Crippen LogP contribution in [0.15, 0.2) is 36.7 Å². The molecule has 29 heavy (non-hydrogen) atoms. The first-order chi connectivity index (χ1) is 14.0. The molecule has 1 spiro atoms. The molecular weight excluding hydrogens is 378 g/mol. The predicted octanol–water partition coefficient (Wildman–Crippen LogP) is 0.648. The van der Waals surface area contributed by atoms with Crippen LogP contribution in [0, 0.1) is 0 Å². The normalized spacial score (nSPS) is 23.1. The van der Waals surface area contributed by atoms with Gasteiger partial charge in [-0.05, 0) is 28.8 Å². The molecule has 4 rings (SSSR count). The van der Waals surface area contributed by atoms with Crippen molar-refractivity contribution < 1.29 is 24.5 Å². The van der Waals surface area contributed by atoms with Crippen molar-refractivity contribution in [2.24, 2.45) is 0 Å². The third kappa shape index (κ3) is 5.36. The number of nitrogens with zero attached hydrogens (tertiary/aromatic N) is 5. The van der Waals surface area contributed by atoms with Gasteiger partial charge in [0, 0.05) is 25.9 Å². The SMILES string of the molecule is O=C(Cn1cnnn1)N1CCC2(CC1)C[C@H](O)C[C@H](c1ccccc1)O2.O=CO. The Morgan fingerprint density at radius 2 is 1.97 bits per heavy atom. The molecule has 0 unspecified atom stereocenters. The number of hydrogen-bond donors (Lipinski definition) is 2. The number of carboxylic acid groups (broad SMARTS) is 1. The maximum absolute atomic E-state index is 12.4. The fourth-order valence-electron chi connectivity index (χ4n) is 4.01. The number of aromatic nitrogens is 4. The fraction of sp³-hybridized carbons (Fsp3) is 0.526. The van der Waals surface area contributed by atoms with Crippen molar-refractivity contribution in [3.05, 3.63) is 42.2 Å². The van der Waals surface area contributed by atoms with Crippen LogP contribution in [0.3, 0.4) is 0 Å². The highest BCUT2D eigenvalue weighted by Crippen LogP contribution is 2.42. The largest absolute Gasteiger partial charge is 0.483 e. The molecule has 2 aliphatic rings. The summed E-state index contributed by atoms with van der Waals surface area (Å²) >= 11 is 0. The smallest absolute Gasteiger partial charge is 0.290 e. The van der Waals surface area contributed by atoms with Crippen LogP contribution >= 0.6 is 0 Å². The number of amides is 1. The summed E-state index contributed by atoms with van der Waals surface area (Å²) in [5, 5.41) is 28.1. The highest BCUT2D eigenvalue weighted by molar-refractivity contribution is 5.76. The van der Waals surface area contributed by atoms with Gasteiger partial charge >= 0.3 is 0 Å². The lowest BCUT2D eigenvalue weighted by Gasteiger charge is -2.48. The molecule has 10 heteroatoms. The van der Waals surface area contributed by atoms with Crippen molar-refractivity contribution in [2.75, 3.05) is 13.1 Å². The topological polar surface area (TPSA) is 131 Å². The van der Waals surface area contributed by atoms with Gasteiger partial charge in [0.05, 0.1) is 17.8 Å². The first-order valence-corrected chi connectivity index (χ1v) is 9.52. The Morgan fingerprint density at radius 1 is 1.28 bits per heavy atom. The van der Waals surface area contributed by atoms with Crippen molar-refractivity contribution in [2.45, 2.75) is 50.0 Å². The number of carbonyl (C=O) groups is 2. The third-order valence-corrected chi connectivity index (χ3v) is 5.37. The van der Waals surface area contributed by atoms with E-state index in [9.17, 15) is 9.90 Å². The summed E-state index contributed by atoms with van der Waals surface area (Å²) in [4.78, 5) is 22.6. The number of rotatable bonds is 3. The van der Waals surface area contributed by atoms with Crippen molar-refractivity contribution in [3.8, 4) is 0 Å². The molecular formula is C19H25N5O5. The van der Waals surface area contributed by atoms with E-state index in [1.807, 2.05) is 35.2 Å². The molecule has 156 valence electrons. The molecule has 1 aromatic carbocycles. The van der Waals surface area contributed by atoms with Crippen molar-refractivity contribution in [1.82, 2.24) is 25.1 Å². The van der Waals surface area contributed by atoms with Gasteiger partial charge in [-0.15, -0.1) is 5.10 Å². The number of aliphatic hydroxyl groups is 1. The second-order valence-corrected chi connectivity index (χ2v) is 7.29. The summed E-state index contributed by atoms with van der Waals surface area (Å²) in [6, 6.07) is 10.1. The number of piperidine rings is 1. The van der Waals surface area contributed by atoms with Crippen LogP contribution in [0.1, 0.15) is 37.4 Å². The third-order valence-electron chi connectivity index (χ3n) is 5.37. The molecule has 2 aromatic rings. The van der Waals surface area contributed by atoms with E-state index in [4.69, 9.17) is 14.6 Å². The Kier molecular flexibility index (Phi) is 6.89. The second-order valence-electron chi connectivity index (χ2n) is 7.29. The monoisotopic (exact) mass is 403 g/mol. The Bertz CT molecular complexity index is 778. The molecule has 2 saturated heterocycles. The average Bonchev–Trinajstić information content (AvgIpc) is 3.22. The number of likely N-dealkylation sites (tertiary alicyclic amines) is 1. The summed E-state index contributed by atoms with van der Waals surface area (Å²) in [6.07, 6.45) is 3.68. The van der Waals surface area contributed by atoms with Crippen molar-refractivity contribution >= 4 is 12.4 Å². The van der Waals surface area contributed by atoms with Crippen LogP contribution in [-0.2, 0) is 20.9 Å². The molecule has 2 aliphatic heterocycles. The van der Waals surface area contributed by atoms with E-state index in [0.717, 1.165) is 18.4 Å². The van der Waals surface area contributed by atoms with Crippen LogP contribution < -0.4 is 0 Å². The van der Waals surface area contributed by atoms with E-state index in [1.54, 1.807) is 0 Å². The van der Waals surface area contributed by atoms with E-state index >= 15 is 0 Å². The van der Waals surface area contributed by atoms with E-state index in [2.05, 4.69) is 15.5 Å². The summed E-state index contributed by atoms with van der Waals surface area (Å²) in [7, 11) is 0. The minimum absolute atomic E-state index is 0.00289. The molecule has 2 atom stereocenters. The molecule has 3 heterocycles. The number of tetrazole rings is 1. The van der Waals surface area contributed by atoms with Gasteiger partial charge in [0.25, 0.3) is 6.47 Å². The highest BCUT2D eigenvalue weighted by Gasteiger charge is 2.44. The van der Waals surface area contributed by atoms with Gasteiger partial charge < -0.3 is 19.8 Å². The molecule has 0 aliphatic carbocycles. The number of carbonyl (C=O) groups excluding carboxylic acids is 1. The second kappa shape index (κ2) is 9.57. The van der Waals surface area contributed by atoms with E-state index in [0.29, 0.717) is 25.9 Å². The minimum atomic E-state index is -0.377. The van der Waals surface area contributed by atoms with Crippen molar-refractivity contribution in [1.29, 1.82) is 0 Å². The van der Waals surface area contributed by atoms with Gasteiger partial charge in [-0.1, -0.05) is 30.3 Å². The predicted molar refractivity (Wildman–Crippen MR) is 101 cm³/mol. The van der Waals surface area contributed by atoms with Crippen LogP contribution in [0.2, 0.25) is 0 Å². The Morgan fingerprint density at radius 3 is 2.59 bits per heavy atom. The van der Waals surface area contributed by atoms with Crippen LogP contribution in [0.4, 0.5) is 0 Å². The van der Waals surface area contributed by atoms with Gasteiger partial charge in [0.2, 0.25) is 5.91 Å². The molecule has 10 nitrogen and oxygen atoms in total. The van der Waals surface area contributed by atoms with Crippen LogP contribution in [0.5, 0.6) is 0 Å². The van der Waals surface area contributed by atoms with Crippen molar-refractivity contribution in [3.63, 3.8) is 0 Å². The highest BCUT2D eigenvalue weighted by atomic mass is 16.5. The Balaban J connectivity index is 0.000000755. The number of aliphatic hydroxyl groups excluding tert-OH is 1. The fourth-order valence-corrected chi connectivity index (χ4v) is 4.01. The Labute approximate surface area is 168 Å². The number of hydrogen-bond acceptors (Lipinski definition) is 7. The molecule has 1 amide bonds. The van der Waals surface area contributed by atoms with E-state index in [1.165, 1.54) is 11.0 Å². The summed E-state index contributed by atoms with van der Waals surface area (Å²) in [5.74, 6) is 0.00289. The first kappa shape index (κ1) is 20.9. The van der Waals surface area contributed by atoms with E-state index in [-0.39, 0.29) is 36.7 Å². The summed E-state index contributed by atoms with van der Waals surface area (Å²) in [6.45, 7) is 1.14. The van der Waals surface area contributed by atoms with Crippen LogP contribution in [-0.4, -0.2) is 72.5 Å².